The molecule has 1 amide bonds. The number of ether oxygens (including phenoxy) is 2. The van der Waals surface area contributed by atoms with Crippen LogP contribution in [0.15, 0.2) is 16.5 Å². The van der Waals surface area contributed by atoms with Gasteiger partial charge < -0.3 is 19.2 Å². The van der Waals surface area contributed by atoms with Crippen LogP contribution in [0.2, 0.25) is 0 Å². The van der Waals surface area contributed by atoms with Crippen LogP contribution in [-0.2, 0) is 14.3 Å². The van der Waals surface area contributed by atoms with Gasteiger partial charge in [-0.3, -0.25) is 9.69 Å². The minimum absolute atomic E-state index is 0.0661. The highest BCUT2D eigenvalue weighted by Crippen LogP contribution is 2.24. The first-order valence-electron chi connectivity index (χ1n) is 8.47. The molecule has 0 saturated carbocycles. The first-order chi connectivity index (χ1) is 11.2. The molecule has 23 heavy (non-hydrogen) atoms. The van der Waals surface area contributed by atoms with Gasteiger partial charge >= 0.3 is 0 Å². The smallest absolute Gasteiger partial charge is 0.223 e. The third-order valence-electron chi connectivity index (χ3n) is 4.64. The predicted octanol–water partition coefficient (Wildman–Crippen LogP) is 1.50. The van der Waals surface area contributed by atoms with Crippen LogP contribution in [0.1, 0.15) is 30.4 Å². The highest BCUT2D eigenvalue weighted by atomic mass is 16.5. The normalized spacial score (nSPS) is 22.0. The summed E-state index contributed by atoms with van der Waals surface area (Å²) >= 11 is 0. The van der Waals surface area contributed by atoms with Gasteiger partial charge in [-0.1, -0.05) is 0 Å². The number of carbonyl (C=O) groups is 1. The Bertz CT molecular complexity index is 504. The Morgan fingerprint density at radius 2 is 1.91 bits per heavy atom. The van der Waals surface area contributed by atoms with E-state index in [2.05, 4.69) is 10.2 Å². The van der Waals surface area contributed by atoms with Gasteiger partial charge in [0.2, 0.25) is 5.91 Å². The van der Waals surface area contributed by atoms with Crippen LogP contribution in [0, 0.1) is 12.8 Å². The molecule has 1 unspecified atom stereocenters. The van der Waals surface area contributed by atoms with Gasteiger partial charge in [-0.25, -0.2) is 0 Å². The lowest BCUT2D eigenvalue weighted by atomic mass is 9.99. The number of rotatable bonds is 5. The molecule has 1 N–H and O–H groups in total. The van der Waals surface area contributed by atoms with E-state index < -0.39 is 0 Å². The fourth-order valence-electron chi connectivity index (χ4n) is 3.23. The summed E-state index contributed by atoms with van der Waals surface area (Å²) in [5, 5.41) is 3.12. The van der Waals surface area contributed by atoms with Crippen molar-refractivity contribution in [1.82, 2.24) is 10.2 Å². The Labute approximate surface area is 137 Å². The fourth-order valence-corrected chi connectivity index (χ4v) is 3.23. The molecule has 6 nitrogen and oxygen atoms in total. The number of hydrogen-bond acceptors (Lipinski definition) is 5. The monoisotopic (exact) mass is 322 g/mol. The molecular weight excluding hydrogens is 296 g/mol. The number of nitrogens with one attached hydrogen (secondary N) is 1. The summed E-state index contributed by atoms with van der Waals surface area (Å²) < 4.78 is 16.6. The SMILES string of the molecule is Cc1ccc(C(CNC(=O)C2CCOCC2)N2CCOCC2)o1. The molecular formula is C17H26N2O4. The Morgan fingerprint density at radius 3 is 2.57 bits per heavy atom. The molecule has 2 saturated heterocycles. The maximum absolute atomic E-state index is 12.4. The van der Waals surface area contributed by atoms with Crippen molar-refractivity contribution < 1.29 is 18.7 Å². The molecule has 1 aromatic heterocycles. The van der Waals surface area contributed by atoms with Crippen LogP contribution in [-0.4, -0.2) is 56.9 Å². The van der Waals surface area contributed by atoms with Crippen molar-refractivity contribution in [1.29, 1.82) is 0 Å². The number of aryl methyl sites for hydroxylation is 1. The Kier molecular flexibility index (Phi) is 5.70. The Hall–Kier alpha value is -1.37. The van der Waals surface area contributed by atoms with Gasteiger partial charge in [0.25, 0.3) is 0 Å². The van der Waals surface area contributed by atoms with Crippen LogP contribution >= 0.6 is 0 Å². The minimum Gasteiger partial charge on any atom is -0.465 e. The lowest BCUT2D eigenvalue weighted by Gasteiger charge is -2.33. The average Bonchev–Trinajstić information content (AvgIpc) is 3.03. The second kappa shape index (κ2) is 7.95. The Morgan fingerprint density at radius 1 is 1.22 bits per heavy atom. The molecule has 2 aliphatic heterocycles. The van der Waals surface area contributed by atoms with Gasteiger partial charge in [0.1, 0.15) is 11.5 Å². The number of hydrogen-bond donors (Lipinski definition) is 1. The maximum Gasteiger partial charge on any atom is 0.223 e. The average molecular weight is 322 g/mol. The lowest BCUT2D eigenvalue weighted by Crippen LogP contribution is -2.45. The molecule has 3 heterocycles. The topological polar surface area (TPSA) is 63.9 Å². The zero-order chi connectivity index (χ0) is 16.1. The number of furan rings is 1. The lowest BCUT2D eigenvalue weighted by molar-refractivity contribution is -0.128. The highest BCUT2D eigenvalue weighted by molar-refractivity contribution is 5.78. The van der Waals surface area contributed by atoms with E-state index >= 15 is 0 Å². The van der Waals surface area contributed by atoms with Crippen LogP contribution in [0.4, 0.5) is 0 Å². The number of morpholine rings is 1. The van der Waals surface area contributed by atoms with Gasteiger partial charge in [-0.05, 0) is 31.9 Å². The van der Waals surface area contributed by atoms with Crippen LogP contribution in [0.25, 0.3) is 0 Å². The van der Waals surface area contributed by atoms with Crippen molar-refractivity contribution in [3.05, 3.63) is 23.7 Å². The fraction of sp³-hybridized carbons (Fsp3) is 0.706. The summed E-state index contributed by atoms with van der Waals surface area (Å²) in [5.74, 6) is 2.02. The van der Waals surface area contributed by atoms with Crippen LogP contribution in [0.3, 0.4) is 0 Å². The molecule has 0 bridgehead atoms. The molecule has 2 fully saturated rings. The molecule has 0 aliphatic carbocycles. The summed E-state index contributed by atoms with van der Waals surface area (Å²) in [6.45, 7) is 7.05. The maximum atomic E-state index is 12.4. The van der Waals surface area contributed by atoms with E-state index in [0.717, 1.165) is 50.7 Å². The summed E-state index contributed by atoms with van der Waals surface area (Å²) in [6, 6.07) is 4.05. The first kappa shape index (κ1) is 16.5. The third kappa shape index (κ3) is 4.34. The number of amides is 1. The molecule has 2 aliphatic rings. The van der Waals surface area contributed by atoms with Crippen LogP contribution in [0.5, 0.6) is 0 Å². The van der Waals surface area contributed by atoms with E-state index in [9.17, 15) is 4.79 Å². The van der Waals surface area contributed by atoms with Gasteiger partial charge in [0, 0.05) is 38.8 Å². The quantitative estimate of drug-likeness (QED) is 0.890. The Balaban J connectivity index is 1.62. The second-order valence-electron chi connectivity index (χ2n) is 6.24. The van der Waals surface area contributed by atoms with Gasteiger partial charge in [-0.2, -0.15) is 0 Å². The largest absolute Gasteiger partial charge is 0.465 e. The molecule has 1 aromatic rings. The van der Waals surface area contributed by atoms with Gasteiger partial charge in [0.15, 0.2) is 0 Å². The van der Waals surface area contributed by atoms with Crippen molar-refractivity contribution >= 4 is 5.91 Å². The highest BCUT2D eigenvalue weighted by Gasteiger charge is 2.27. The van der Waals surface area contributed by atoms with Gasteiger partial charge in [-0.15, -0.1) is 0 Å². The second-order valence-corrected chi connectivity index (χ2v) is 6.24. The van der Waals surface area contributed by atoms with Crippen molar-refractivity contribution in [2.45, 2.75) is 25.8 Å². The van der Waals surface area contributed by atoms with Gasteiger partial charge in [0.05, 0.1) is 19.3 Å². The van der Waals surface area contributed by atoms with E-state index in [1.165, 1.54) is 0 Å². The van der Waals surface area contributed by atoms with E-state index in [-0.39, 0.29) is 17.9 Å². The molecule has 0 radical (unpaired) electrons. The summed E-state index contributed by atoms with van der Waals surface area (Å²) in [5.41, 5.74) is 0. The third-order valence-corrected chi connectivity index (χ3v) is 4.64. The molecule has 3 rings (SSSR count). The summed E-state index contributed by atoms with van der Waals surface area (Å²) in [6.07, 6.45) is 1.63. The molecule has 0 aromatic carbocycles. The molecule has 0 spiro atoms. The van der Waals surface area contributed by atoms with E-state index in [1.54, 1.807) is 0 Å². The molecule has 128 valence electrons. The molecule has 6 heteroatoms. The van der Waals surface area contributed by atoms with Crippen molar-refractivity contribution in [3.63, 3.8) is 0 Å². The van der Waals surface area contributed by atoms with Crippen LogP contribution < -0.4 is 5.32 Å². The molecule has 1 atom stereocenters. The zero-order valence-electron chi connectivity index (χ0n) is 13.8. The zero-order valence-corrected chi connectivity index (χ0v) is 13.8. The number of nitrogens with zero attached hydrogens (tertiary/aromatic N) is 1. The van der Waals surface area contributed by atoms with E-state index in [0.29, 0.717) is 19.8 Å². The summed E-state index contributed by atoms with van der Waals surface area (Å²) in [7, 11) is 0. The number of carbonyl (C=O) groups excluding carboxylic acids is 1. The minimum atomic E-state index is 0.0661. The first-order valence-corrected chi connectivity index (χ1v) is 8.47. The van der Waals surface area contributed by atoms with E-state index in [4.69, 9.17) is 13.9 Å². The summed E-state index contributed by atoms with van der Waals surface area (Å²) in [4.78, 5) is 14.7. The standard InChI is InChI=1S/C17H26N2O4/c1-13-2-3-16(23-13)15(19-6-10-22-11-7-19)12-18-17(20)14-4-8-21-9-5-14/h2-3,14-15H,4-12H2,1H3,(H,18,20). The van der Waals surface area contributed by atoms with Crippen molar-refractivity contribution in [2.24, 2.45) is 5.92 Å². The van der Waals surface area contributed by atoms with Crippen molar-refractivity contribution in [3.8, 4) is 0 Å². The van der Waals surface area contributed by atoms with E-state index in [1.807, 2.05) is 19.1 Å². The van der Waals surface area contributed by atoms with Crippen molar-refractivity contribution in [2.75, 3.05) is 46.1 Å². The predicted molar refractivity (Wildman–Crippen MR) is 85.1 cm³/mol.